The van der Waals surface area contributed by atoms with Crippen molar-refractivity contribution in [2.45, 2.75) is 32.0 Å². The molecule has 1 fully saturated rings. The second kappa shape index (κ2) is 5.96. The van der Waals surface area contributed by atoms with Crippen molar-refractivity contribution in [1.82, 2.24) is 14.5 Å². The fourth-order valence-corrected chi connectivity index (χ4v) is 2.83. The molecule has 3 aromatic rings. The molecule has 0 bridgehead atoms. The first-order chi connectivity index (χ1) is 11.7. The Bertz CT molecular complexity index is 926. The number of hydrogen-bond donors (Lipinski definition) is 0. The van der Waals surface area contributed by atoms with E-state index in [1.54, 1.807) is 29.4 Å². The molecule has 0 saturated heterocycles. The minimum absolute atomic E-state index is 0.00608. The monoisotopic (exact) mass is 323 g/mol. The van der Waals surface area contributed by atoms with E-state index in [0.29, 0.717) is 17.4 Å². The lowest BCUT2D eigenvalue weighted by Gasteiger charge is -2.21. The first-order valence-electron chi connectivity index (χ1n) is 7.98. The van der Waals surface area contributed by atoms with Crippen molar-refractivity contribution < 1.29 is 9.21 Å². The first-order valence-corrected chi connectivity index (χ1v) is 7.98. The van der Waals surface area contributed by atoms with Crippen LogP contribution in [0.5, 0.6) is 0 Å². The van der Waals surface area contributed by atoms with Crippen molar-refractivity contribution >= 4 is 16.8 Å². The maximum absolute atomic E-state index is 12.7. The zero-order chi connectivity index (χ0) is 16.5. The number of carbonyl (C=O) groups excluding carboxylic acids is 1. The lowest BCUT2D eigenvalue weighted by atomic mass is 10.2. The number of furan rings is 1. The smallest absolute Gasteiger partial charge is 0.261 e. The summed E-state index contributed by atoms with van der Waals surface area (Å²) < 4.78 is 6.73. The van der Waals surface area contributed by atoms with Gasteiger partial charge in [-0.3, -0.25) is 14.2 Å². The Morgan fingerprint density at radius 1 is 1.25 bits per heavy atom. The maximum Gasteiger partial charge on any atom is 0.261 e. The number of nitrogens with zero attached hydrogens (tertiary/aromatic N) is 3. The third kappa shape index (κ3) is 2.82. The van der Waals surface area contributed by atoms with E-state index < -0.39 is 0 Å². The molecule has 0 atom stereocenters. The number of fused-ring (bicyclic) bond motifs is 1. The highest BCUT2D eigenvalue weighted by Crippen LogP contribution is 2.28. The van der Waals surface area contributed by atoms with E-state index in [1.807, 2.05) is 18.2 Å². The third-order valence-electron chi connectivity index (χ3n) is 4.25. The average molecular weight is 323 g/mol. The van der Waals surface area contributed by atoms with Gasteiger partial charge in [0.2, 0.25) is 5.91 Å². The van der Waals surface area contributed by atoms with Gasteiger partial charge in [0.15, 0.2) is 0 Å². The van der Waals surface area contributed by atoms with Crippen molar-refractivity contribution in [2.75, 3.05) is 0 Å². The van der Waals surface area contributed by atoms with E-state index in [-0.39, 0.29) is 24.1 Å². The van der Waals surface area contributed by atoms with Crippen molar-refractivity contribution in [3.63, 3.8) is 0 Å². The van der Waals surface area contributed by atoms with Crippen molar-refractivity contribution in [2.24, 2.45) is 0 Å². The molecule has 1 aliphatic carbocycles. The number of para-hydroxylation sites is 1. The number of benzene rings is 1. The van der Waals surface area contributed by atoms with Gasteiger partial charge in [0, 0.05) is 6.04 Å². The van der Waals surface area contributed by atoms with Gasteiger partial charge >= 0.3 is 0 Å². The third-order valence-corrected chi connectivity index (χ3v) is 4.25. The fraction of sp³-hybridized carbons (Fsp3) is 0.278. The molecule has 2 aromatic heterocycles. The summed E-state index contributed by atoms with van der Waals surface area (Å²) in [5.74, 6) is 0.660. The molecule has 1 saturated carbocycles. The Balaban J connectivity index is 1.58. The van der Waals surface area contributed by atoms with Crippen LogP contribution in [0.15, 0.2) is 58.2 Å². The van der Waals surface area contributed by atoms with Crippen LogP contribution in [0.1, 0.15) is 18.6 Å². The maximum atomic E-state index is 12.7. The molecule has 6 nitrogen and oxygen atoms in total. The second-order valence-corrected chi connectivity index (χ2v) is 6.03. The van der Waals surface area contributed by atoms with Crippen LogP contribution in [0.4, 0.5) is 0 Å². The minimum Gasteiger partial charge on any atom is -0.467 e. The van der Waals surface area contributed by atoms with Crippen LogP contribution in [0, 0.1) is 0 Å². The van der Waals surface area contributed by atoms with Gasteiger partial charge in [-0.05, 0) is 37.1 Å². The standard InChI is InChI=1S/C18H17N3O3/c22-17(21(13-7-8-13)10-14-4-3-9-24-14)11-20-12-19-16-6-2-1-5-15(16)18(20)23/h1-6,9,12-13H,7-8,10-11H2. The molecule has 1 amide bonds. The van der Waals surface area contributed by atoms with Gasteiger partial charge in [0.1, 0.15) is 12.3 Å². The summed E-state index contributed by atoms with van der Waals surface area (Å²) in [5, 5.41) is 0.525. The van der Waals surface area contributed by atoms with Crippen LogP contribution in [-0.4, -0.2) is 26.4 Å². The molecule has 24 heavy (non-hydrogen) atoms. The van der Waals surface area contributed by atoms with Crippen LogP contribution in [-0.2, 0) is 17.9 Å². The Morgan fingerprint density at radius 2 is 2.08 bits per heavy atom. The Morgan fingerprint density at radius 3 is 2.83 bits per heavy atom. The van der Waals surface area contributed by atoms with Gasteiger partial charge in [-0.1, -0.05) is 12.1 Å². The summed E-state index contributed by atoms with van der Waals surface area (Å²) in [4.78, 5) is 31.3. The van der Waals surface area contributed by atoms with E-state index in [1.165, 1.54) is 10.9 Å². The van der Waals surface area contributed by atoms with E-state index in [9.17, 15) is 9.59 Å². The van der Waals surface area contributed by atoms with Crippen LogP contribution in [0.3, 0.4) is 0 Å². The lowest BCUT2D eigenvalue weighted by Crippen LogP contribution is -2.37. The van der Waals surface area contributed by atoms with Gasteiger partial charge in [0.25, 0.3) is 5.56 Å². The lowest BCUT2D eigenvalue weighted by molar-refractivity contribution is -0.133. The summed E-state index contributed by atoms with van der Waals surface area (Å²) in [5.41, 5.74) is 0.448. The molecule has 4 rings (SSSR count). The molecule has 6 heteroatoms. The Kier molecular flexibility index (Phi) is 3.65. The molecular weight excluding hydrogens is 306 g/mol. The van der Waals surface area contributed by atoms with Gasteiger partial charge < -0.3 is 9.32 Å². The number of hydrogen-bond acceptors (Lipinski definition) is 4. The molecule has 0 N–H and O–H groups in total. The number of rotatable bonds is 5. The zero-order valence-corrected chi connectivity index (χ0v) is 13.1. The normalized spacial score (nSPS) is 14.0. The molecule has 0 spiro atoms. The fourth-order valence-electron chi connectivity index (χ4n) is 2.83. The predicted molar refractivity (Wildman–Crippen MR) is 88.3 cm³/mol. The SMILES string of the molecule is O=C(Cn1cnc2ccccc2c1=O)N(Cc1ccco1)C1CC1. The van der Waals surface area contributed by atoms with Crippen LogP contribution in [0.25, 0.3) is 10.9 Å². The minimum atomic E-state index is -0.192. The quantitative estimate of drug-likeness (QED) is 0.722. The molecule has 0 aliphatic heterocycles. The van der Waals surface area contributed by atoms with Gasteiger partial charge in [-0.15, -0.1) is 0 Å². The van der Waals surface area contributed by atoms with Crippen molar-refractivity contribution in [3.05, 3.63) is 65.1 Å². The summed E-state index contributed by atoms with van der Waals surface area (Å²) in [6.45, 7) is 0.431. The molecular formula is C18H17N3O3. The summed E-state index contributed by atoms with van der Waals surface area (Å²) in [6.07, 6.45) is 5.04. The van der Waals surface area contributed by atoms with Crippen molar-refractivity contribution in [3.8, 4) is 0 Å². The first kappa shape index (κ1) is 14.7. The van der Waals surface area contributed by atoms with E-state index in [4.69, 9.17) is 4.42 Å². The predicted octanol–water partition coefficient (Wildman–Crippen LogP) is 2.18. The molecule has 122 valence electrons. The average Bonchev–Trinajstić information content (AvgIpc) is 3.31. The highest BCUT2D eigenvalue weighted by Gasteiger charge is 2.33. The summed E-state index contributed by atoms with van der Waals surface area (Å²) in [7, 11) is 0. The largest absolute Gasteiger partial charge is 0.467 e. The van der Waals surface area contributed by atoms with E-state index in [0.717, 1.165) is 18.6 Å². The summed E-state index contributed by atoms with van der Waals surface area (Å²) >= 11 is 0. The number of amides is 1. The van der Waals surface area contributed by atoms with E-state index in [2.05, 4.69) is 4.98 Å². The van der Waals surface area contributed by atoms with Crippen LogP contribution >= 0.6 is 0 Å². The molecule has 0 radical (unpaired) electrons. The highest BCUT2D eigenvalue weighted by molar-refractivity contribution is 5.79. The number of carbonyl (C=O) groups is 1. The van der Waals surface area contributed by atoms with Gasteiger partial charge in [-0.25, -0.2) is 4.98 Å². The molecule has 1 aromatic carbocycles. The van der Waals surface area contributed by atoms with Gasteiger partial charge in [-0.2, -0.15) is 0 Å². The summed E-state index contributed by atoms with van der Waals surface area (Å²) in [6, 6.07) is 11.1. The highest BCUT2D eigenvalue weighted by atomic mass is 16.3. The second-order valence-electron chi connectivity index (χ2n) is 6.03. The van der Waals surface area contributed by atoms with Crippen LogP contribution < -0.4 is 5.56 Å². The van der Waals surface area contributed by atoms with E-state index >= 15 is 0 Å². The Hall–Kier alpha value is -2.89. The molecule has 0 unspecified atom stereocenters. The van der Waals surface area contributed by atoms with Gasteiger partial charge in [0.05, 0.1) is 30.0 Å². The molecule has 1 aliphatic rings. The van der Waals surface area contributed by atoms with Crippen LogP contribution in [0.2, 0.25) is 0 Å². The van der Waals surface area contributed by atoms with Crippen molar-refractivity contribution in [1.29, 1.82) is 0 Å². The molecule has 2 heterocycles. The number of aromatic nitrogens is 2. The Labute approximate surface area is 138 Å². The topological polar surface area (TPSA) is 68.3 Å². The zero-order valence-electron chi connectivity index (χ0n) is 13.1.